The molecule has 18 heavy (non-hydrogen) atoms. The molecule has 2 aromatic heterocycles. The van der Waals surface area contributed by atoms with Crippen LogP contribution in [0, 0.1) is 0 Å². The minimum Gasteiger partial charge on any atom is -0.462 e. The van der Waals surface area contributed by atoms with Crippen LogP contribution in [0.15, 0.2) is 30.6 Å². The third kappa shape index (κ3) is 2.74. The quantitative estimate of drug-likeness (QED) is 0.773. The third-order valence-electron chi connectivity index (χ3n) is 2.41. The van der Waals surface area contributed by atoms with Crippen LogP contribution in [0.25, 0.3) is 11.4 Å². The predicted molar refractivity (Wildman–Crippen MR) is 67.0 cm³/mol. The zero-order valence-electron chi connectivity index (χ0n) is 10.5. The Labute approximate surface area is 105 Å². The zero-order valence-corrected chi connectivity index (χ0v) is 10.5. The van der Waals surface area contributed by atoms with E-state index in [1.807, 2.05) is 26.2 Å². The highest BCUT2D eigenvalue weighted by Gasteiger charge is 2.10. The Balaban J connectivity index is 2.22. The maximum absolute atomic E-state index is 11.7. The van der Waals surface area contributed by atoms with Crippen molar-refractivity contribution in [3.05, 3.63) is 36.2 Å². The average Bonchev–Trinajstić information content (AvgIpc) is 2.83. The molecule has 5 nitrogen and oxygen atoms in total. The van der Waals surface area contributed by atoms with Crippen molar-refractivity contribution in [2.24, 2.45) is 7.05 Å². The molecule has 0 spiro atoms. The summed E-state index contributed by atoms with van der Waals surface area (Å²) in [4.78, 5) is 15.9. The van der Waals surface area contributed by atoms with Gasteiger partial charge < -0.3 is 4.74 Å². The van der Waals surface area contributed by atoms with Crippen LogP contribution in [0.4, 0.5) is 0 Å². The van der Waals surface area contributed by atoms with Crippen molar-refractivity contribution in [3.8, 4) is 11.4 Å². The standard InChI is InChI=1S/C13H15N3O2/c1-3-8-18-13(17)10-4-6-14-12(9-10)11-5-7-16(2)15-11/h4-7,9H,3,8H2,1-2H3. The van der Waals surface area contributed by atoms with Crippen LogP contribution in [0.1, 0.15) is 23.7 Å². The molecule has 0 saturated heterocycles. The second-order valence-corrected chi connectivity index (χ2v) is 3.94. The molecule has 0 N–H and O–H groups in total. The number of esters is 1. The Hall–Kier alpha value is -2.17. The van der Waals surface area contributed by atoms with Crippen molar-refractivity contribution < 1.29 is 9.53 Å². The van der Waals surface area contributed by atoms with Crippen LogP contribution < -0.4 is 0 Å². The number of ether oxygens (including phenoxy) is 1. The van der Waals surface area contributed by atoms with E-state index in [1.54, 1.807) is 23.0 Å². The molecule has 0 aliphatic heterocycles. The van der Waals surface area contributed by atoms with Crippen LogP contribution in [0.5, 0.6) is 0 Å². The van der Waals surface area contributed by atoms with E-state index in [1.165, 1.54) is 0 Å². The van der Waals surface area contributed by atoms with Crippen molar-refractivity contribution in [2.75, 3.05) is 6.61 Å². The van der Waals surface area contributed by atoms with E-state index in [9.17, 15) is 4.79 Å². The largest absolute Gasteiger partial charge is 0.462 e. The molecule has 5 heteroatoms. The Bertz CT molecular complexity index is 549. The highest BCUT2D eigenvalue weighted by Crippen LogP contribution is 2.15. The Morgan fingerprint density at radius 1 is 1.39 bits per heavy atom. The number of carbonyl (C=O) groups excluding carboxylic acids is 1. The second-order valence-electron chi connectivity index (χ2n) is 3.94. The predicted octanol–water partition coefficient (Wildman–Crippen LogP) is 2.05. The molecule has 0 radical (unpaired) electrons. The minimum absolute atomic E-state index is 0.323. The van der Waals surface area contributed by atoms with Crippen molar-refractivity contribution >= 4 is 5.97 Å². The SMILES string of the molecule is CCCOC(=O)c1ccnc(-c2ccn(C)n2)c1. The van der Waals surface area contributed by atoms with Crippen LogP contribution in [0.2, 0.25) is 0 Å². The van der Waals surface area contributed by atoms with Crippen LogP contribution >= 0.6 is 0 Å². The lowest BCUT2D eigenvalue weighted by atomic mass is 10.2. The van der Waals surface area contributed by atoms with Gasteiger partial charge in [0.15, 0.2) is 0 Å². The van der Waals surface area contributed by atoms with Crippen molar-refractivity contribution in [1.82, 2.24) is 14.8 Å². The molecular formula is C13H15N3O2. The monoisotopic (exact) mass is 245 g/mol. The number of aromatic nitrogens is 3. The fourth-order valence-corrected chi connectivity index (χ4v) is 1.53. The smallest absolute Gasteiger partial charge is 0.338 e. The first-order chi connectivity index (χ1) is 8.70. The maximum Gasteiger partial charge on any atom is 0.338 e. The molecule has 0 amide bonds. The van der Waals surface area contributed by atoms with Gasteiger partial charge in [-0.2, -0.15) is 5.10 Å². The van der Waals surface area contributed by atoms with Crippen molar-refractivity contribution in [3.63, 3.8) is 0 Å². The average molecular weight is 245 g/mol. The number of nitrogens with zero attached hydrogens (tertiary/aromatic N) is 3. The summed E-state index contributed by atoms with van der Waals surface area (Å²) in [6.45, 7) is 2.39. The lowest BCUT2D eigenvalue weighted by Gasteiger charge is -2.03. The normalized spacial score (nSPS) is 10.3. The highest BCUT2D eigenvalue weighted by molar-refractivity contribution is 5.90. The summed E-state index contributed by atoms with van der Waals surface area (Å²) in [7, 11) is 1.84. The van der Waals surface area contributed by atoms with Crippen molar-refractivity contribution in [1.29, 1.82) is 0 Å². The number of carbonyl (C=O) groups is 1. The van der Waals surface area contributed by atoms with Gasteiger partial charge in [0.2, 0.25) is 0 Å². The highest BCUT2D eigenvalue weighted by atomic mass is 16.5. The molecular weight excluding hydrogens is 230 g/mol. The van der Waals surface area contributed by atoms with Gasteiger partial charge >= 0.3 is 5.97 Å². The van der Waals surface area contributed by atoms with E-state index in [4.69, 9.17) is 4.74 Å². The molecule has 0 unspecified atom stereocenters. The Kier molecular flexibility index (Phi) is 3.72. The Morgan fingerprint density at radius 3 is 2.89 bits per heavy atom. The van der Waals surface area contributed by atoms with Gasteiger partial charge in [-0.05, 0) is 24.6 Å². The molecule has 0 aromatic carbocycles. The van der Waals surface area contributed by atoms with Crippen LogP contribution in [-0.2, 0) is 11.8 Å². The lowest BCUT2D eigenvalue weighted by molar-refractivity contribution is 0.0505. The van der Waals surface area contributed by atoms with E-state index in [0.29, 0.717) is 17.9 Å². The summed E-state index contributed by atoms with van der Waals surface area (Å²) < 4.78 is 6.77. The minimum atomic E-state index is -0.323. The fourth-order valence-electron chi connectivity index (χ4n) is 1.53. The number of aryl methyl sites for hydroxylation is 1. The summed E-state index contributed by atoms with van der Waals surface area (Å²) in [6, 6.07) is 5.19. The van der Waals surface area contributed by atoms with E-state index < -0.39 is 0 Å². The van der Waals surface area contributed by atoms with Gasteiger partial charge in [-0.25, -0.2) is 4.79 Å². The van der Waals surface area contributed by atoms with Gasteiger partial charge in [-0.1, -0.05) is 6.92 Å². The van der Waals surface area contributed by atoms with Gasteiger partial charge in [0.25, 0.3) is 0 Å². The molecule has 0 bridgehead atoms. The number of rotatable bonds is 4. The fraction of sp³-hybridized carbons (Fsp3) is 0.308. The Morgan fingerprint density at radius 2 is 2.22 bits per heavy atom. The maximum atomic E-state index is 11.7. The van der Waals surface area contributed by atoms with E-state index in [2.05, 4.69) is 10.1 Å². The molecule has 2 heterocycles. The third-order valence-corrected chi connectivity index (χ3v) is 2.41. The van der Waals surface area contributed by atoms with Gasteiger partial charge in [0.05, 0.1) is 17.9 Å². The second kappa shape index (κ2) is 5.44. The molecule has 0 saturated carbocycles. The summed E-state index contributed by atoms with van der Waals surface area (Å²) in [5, 5.41) is 4.25. The number of pyridine rings is 1. The summed E-state index contributed by atoms with van der Waals surface area (Å²) >= 11 is 0. The molecule has 2 rings (SSSR count). The first-order valence-electron chi connectivity index (χ1n) is 5.84. The van der Waals surface area contributed by atoms with Gasteiger partial charge in [0, 0.05) is 19.4 Å². The molecule has 2 aromatic rings. The van der Waals surface area contributed by atoms with Gasteiger partial charge in [-0.15, -0.1) is 0 Å². The van der Waals surface area contributed by atoms with Gasteiger partial charge in [0.1, 0.15) is 5.69 Å². The van der Waals surface area contributed by atoms with E-state index >= 15 is 0 Å². The molecule has 94 valence electrons. The van der Waals surface area contributed by atoms with Crippen LogP contribution in [-0.4, -0.2) is 27.3 Å². The number of hydrogen-bond donors (Lipinski definition) is 0. The lowest BCUT2D eigenvalue weighted by Crippen LogP contribution is -2.06. The zero-order chi connectivity index (χ0) is 13.0. The van der Waals surface area contributed by atoms with Crippen LogP contribution in [0.3, 0.4) is 0 Å². The number of hydrogen-bond acceptors (Lipinski definition) is 4. The molecule has 0 aliphatic rings. The molecule has 0 fully saturated rings. The van der Waals surface area contributed by atoms with E-state index in [0.717, 1.165) is 12.1 Å². The van der Waals surface area contributed by atoms with Gasteiger partial charge in [-0.3, -0.25) is 9.67 Å². The molecule has 0 atom stereocenters. The van der Waals surface area contributed by atoms with E-state index in [-0.39, 0.29) is 5.97 Å². The topological polar surface area (TPSA) is 57.0 Å². The summed E-state index contributed by atoms with van der Waals surface area (Å²) in [6.07, 6.45) is 4.23. The summed E-state index contributed by atoms with van der Waals surface area (Å²) in [5.41, 5.74) is 1.91. The van der Waals surface area contributed by atoms with Crippen molar-refractivity contribution in [2.45, 2.75) is 13.3 Å². The summed E-state index contributed by atoms with van der Waals surface area (Å²) in [5.74, 6) is -0.323. The first-order valence-corrected chi connectivity index (χ1v) is 5.84. The first kappa shape index (κ1) is 12.3. The molecule has 0 aliphatic carbocycles.